The molecule has 96 valence electrons. The maximum absolute atomic E-state index is 13.3. The predicted octanol–water partition coefficient (Wildman–Crippen LogP) is 2.13. The third-order valence-electron chi connectivity index (χ3n) is 2.74. The summed E-state index contributed by atoms with van der Waals surface area (Å²) in [4.78, 5) is 0. The zero-order chi connectivity index (χ0) is 13.2. The van der Waals surface area contributed by atoms with Crippen molar-refractivity contribution in [1.82, 2.24) is 15.0 Å². The van der Waals surface area contributed by atoms with Crippen LogP contribution in [0.4, 0.5) is 4.39 Å². The number of aromatic nitrogens is 3. The number of furan rings is 1. The Balaban J connectivity index is 2.20. The molecule has 0 saturated carbocycles. The molecule has 2 heterocycles. The van der Waals surface area contributed by atoms with Gasteiger partial charge in [-0.05, 0) is 30.3 Å². The Morgan fingerprint density at radius 2 is 2.16 bits per heavy atom. The molecule has 0 fully saturated rings. The van der Waals surface area contributed by atoms with E-state index in [0.29, 0.717) is 22.8 Å². The Hall–Kier alpha value is -2.47. The largest absolute Gasteiger partial charge is 0.463 e. The van der Waals surface area contributed by atoms with E-state index >= 15 is 0 Å². The summed E-state index contributed by atoms with van der Waals surface area (Å²) in [6, 6.07) is 9.65. The van der Waals surface area contributed by atoms with Gasteiger partial charge in [-0.2, -0.15) is 0 Å². The van der Waals surface area contributed by atoms with Crippen molar-refractivity contribution in [3.63, 3.8) is 0 Å². The zero-order valence-corrected chi connectivity index (χ0v) is 9.95. The van der Waals surface area contributed by atoms with E-state index in [1.54, 1.807) is 30.5 Å². The molecule has 5 nitrogen and oxygen atoms in total. The molecule has 2 aromatic heterocycles. The summed E-state index contributed by atoms with van der Waals surface area (Å²) in [5.74, 6) is 0.252. The third-order valence-corrected chi connectivity index (χ3v) is 2.74. The van der Waals surface area contributed by atoms with E-state index in [1.165, 1.54) is 16.8 Å². The van der Waals surface area contributed by atoms with Gasteiger partial charge in [0.15, 0.2) is 5.76 Å². The van der Waals surface area contributed by atoms with Gasteiger partial charge in [-0.15, -0.1) is 5.10 Å². The van der Waals surface area contributed by atoms with Gasteiger partial charge in [0.05, 0.1) is 12.0 Å². The molecule has 3 rings (SSSR count). The first kappa shape index (κ1) is 11.6. The number of benzene rings is 1. The molecule has 0 unspecified atom stereocenters. The van der Waals surface area contributed by atoms with Gasteiger partial charge in [0.25, 0.3) is 0 Å². The minimum absolute atomic E-state index is 0.228. The van der Waals surface area contributed by atoms with Crippen LogP contribution in [0.3, 0.4) is 0 Å². The van der Waals surface area contributed by atoms with Crippen LogP contribution in [0.25, 0.3) is 17.1 Å². The van der Waals surface area contributed by atoms with E-state index in [4.69, 9.17) is 10.2 Å². The molecule has 19 heavy (non-hydrogen) atoms. The Labute approximate surface area is 108 Å². The Kier molecular flexibility index (Phi) is 2.85. The van der Waals surface area contributed by atoms with Crippen LogP contribution in [-0.2, 0) is 6.54 Å². The van der Waals surface area contributed by atoms with Crippen LogP contribution in [0.2, 0.25) is 0 Å². The molecule has 0 spiro atoms. The molecule has 1 aromatic carbocycles. The molecule has 6 heteroatoms. The van der Waals surface area contributed by atoms with Gasteiger partial charge in [0, 0.05) is 6.54 Å². The molecule has 0 saturated heterocycles. The van der Waals surface area contributed by atoms with Crippen LogP contribution in [0.15, 0.2) is 47.1 Å². The standard InChI is InChI=1S/C13H11FN4O/c14-9-3-1-4-10(7-9)18-13(11(8-15)16-17-18)12-5-2-6-19-12/h1-7H,8,15H2. The lowest BCUT2D eigenvalue weighted by Crippen LogP contribution is -2.02. The molecule has 2 N–H and O–H groups in total. The quantitative estimate of drug-likeness (QED) is 0.781. The van der Waals surface area contributed by atoms with Crippen LogP contribution in [0.1, 0.15) is 5.69 Å². The van der Waals surface area contributed by atoms with Gasteiger partial charge in [0.2, 0.25) is 0 Å². The van der Waals surface area contributed by atoms with E-state index in [-0.39, 0.29) is 12.4 Å². The Morgan fingerprint density at radius 1 is 1.26 bits per heavy atom. The topological polar surface area (TPSA) is 69.9 Å². The molecule has 0 aliphatic carbocycles. The molecule has 0 amide bonds. The minimum Gasteiger partial charge on any atom is -0.463 e. The summed E-state index contributed by atoms with van der Waals surface area (Å²) in [5, 5.41) is 8.02. The second-order valence-electron chi connectivity index (χ2n) is 3.96. The maximum atomic E-state index is 13.3. The van der Waals surface area contributed by atoms with Crippen LogP contribution >= 0.6 is 0 Å². The second kappa shape index (κ2) is 4.66. The van der Waals surface area contributed by atoms with Gasteiger partial charge in [0.1, 0.15) is 17.2 Å². The number of nitrogens with two attached hydrogens (primary N) is 1. The highest BCUT2D eigenvalue weighted by Gasteiger charge is 2.17. The number of nitrogens with zero attached hydrogens (tertiary/aromatic N) is 3. The molecule has 0 aliphatic heterocycles. The summed E-state index contributed by atoms with van der Waals surface area (Å²) in [5.41, 5.74) is 7.45. The zero-order valence-electron chi connectivity index (χ0n) is 9.95. The molecule has 0 radical (unpaired) electrons. The monoisotopic (exact) mass is 258 g/mol. The highest BCUT2D eigenvalue weighted by Crippen LogP contribution is 2.25. The summed E-state index contributed by atoms with van der Waals surface area (Å²) in [7, 11) is 0. The summed E-state index contributed by atoms with van der Waals surface area (Å²) in [6.45, 7) is 0.228. The summed E-state index contributed by atoms with van der Waals surface area (Å²) in [6.07, 6.45) is 1.55. The summed E-state index contributed by atoms with van der Waals surface area (Å²) < 4.78 is 20.2. The maximum Gasteiger partial charge on any atom is 0.154 e. The smallest absolute Gasteiger partial charge is 0.154 e. The SMILES string of the molecule is NCc1nnn(-c2cccc(F)c2)c1-c1ccco1. The van der Waals surface area contributed by atoms with E-state index in [2.05, 4.69) is 10.3 Å². The van der Waals surface area contributed by atoms with Crippen LogP contribution in [0.5, 0.6) is 0 Å². The van der Waals surface area contributed by atoms with Gasteiger partial charge in [-0.25, -0.2) is 9.07 Å². The van der Waals surface area contributed by atoms with E-state index in [1.807, 2.05) is 0 Å². The summed E-state index contributed by atoms with van der Waals surface area (Å²) >= 11 is 0. The number of hydrogen-bond donors (Lipinski definition) is 1. The van der Waals surface area contributed by atoms with Crippen molar-refractivity contribution in [3.8, 4) is 17.1 Å². The average molecular weight is 258 g/mol. The highest BCUT2D eigenvalue weighted by atomic mass is 19.1. The van der Waals surface area contributed by atoms with Crippen LogP contribution in [-0.4, -0.2) is 15.0 Å². The Morgan fingerprint density at radius 3 is 2.84 bits per heavy atom. The first-order valence-electron chi connectivity index (χ1n) is 5.74. The lowest BCUT2D eigenvalue weighted by molar-refractivity contribution is 0.575. The molecule has 3 aromatic rings. The van der Waals surface area contributed by atoms with Crippen molar-refractivity contribution in [2.45, 2.75) is 6.54 Å². The number of hydrogen-bond acceptors (Lipinski definition) is 4. The fourth-order valence-electron chi connectivity index (χ4n) is 1.90. The molecule has 0 bridgehead atoms. The van der Waals surface area contributed by atoms with Gasteiger partial charge >= 0.3 is 0 Å². The molecule has 0 atom stereocenters. The van der Waals surface area contributed by atoms with Crippen molar-refractivity contribution >= 4 is 0 Å². The molecule has 0 aliphatic rings. The van der Waals surface area contributed by atoms with Crippen LogP contribution < -0.4 is 5.73 Å². The van der Waals surface area contributed by atoms with Gasteiger partial charge < -0.3 is 10.2 Å². The van der Waals surface area contributed by atoms with Crippen molar-refractivity contribution in [3.05, 3.63) is 54.2 Å². The van der Waals surface area contributed by atoms with Crippen LogP contribution in [0, 0.1) is 5.82 Å². The number of halogens is 1. The van der Waals surface area contributed by atoms with Gasteiger partial charge in [-0.1, -0.05) is 11.3 Å². The van der Waals surface area contributed by atoms with Crippen molar-refractivity contribution in [2.24, 2.45) is 5.73 Å². The minimum atomic E-state index is -0.340. The second-order valence-corrected chi connectivity index (χ2v) is 3.96. The fraction of sp³-hybridized carbons (Fsp3) is 0.0769. The van der Waals surface area contributed by atoms with Crippen molar-refractivity contribution in [1.29, 1.82) is 0 Å². The van der Waals surface area contributed by atoms with Crippen molar-refractivity contribution < 1.29 is 8.81 Å². The molecular weight excluding hydrogens is 247 g/mol. The Bertz CT molecular complexity index is 690. The average Bonchev–Trinajstić information content (AvgIpc) is 3.07. The van der Waals surface area contributed by atoms with E-state index in [0.717, 1.165) is 0 Å². The lowest BCUT2D eigenvalue weighted by atomic mass is 10.2. The fourth-order valence-corrected chi connectivity index (χ4v) is 1.90. The van der Waals surface area contributed by atoms with Gasteiger partial charge in [-0.3, -0.25) is 0 Å². The highest BCUT2D eigenvalue weighted by molar-refractivity contribution is 5.58. The number of rotatable bonds is 3. The lowest BCUT2D eigenvalue weighted by Gasteiger charge is -2.05. The first-order valence-corrected chi connectivity index (χ1v) is 5.74. The normalized spacial score (nSPS) is 10.8. The van der Waals surface area contributed by atoms with E-state index in [9.17, 15) is 4.39 Å². The van der Waals surface area contributed by atoms with E-state index < -0.39 is 0 Å². The third kappa shape index (κ3) is 2.02. The van der Waals surface area contributed by atoms with Crippen molar-refractivity contribution in [2.75, 3.05) is 0 Å². The first-order chi connectivity index (χ1) is 9.29. The molecular formula is C13H11FN4O. The predicted molar refractivity (Wildman–Crippen MR) is 66.9 cm³/mol.